The van der Waals surface area contributed by atoms with Crippen molar-refractivity contribution in [3.63, 3.8) is 0 Å². The van der Waals surface area contributed by atoms with Crippen LogP contribution in [0.15, 0.2) is 60.7 Å². The topological polar surface area (TPSA) is 53.7 Å². The normalized spacial score (nSPS) is 21.0. The highest BCUT2D eigenvalue weighted by Crippen LogP contribution is 2.26. The van der Waals surface area contributed by atoms with Gasteiger partial charge in [-0.15, -0.1) is 0 Å². The van der Waals surface area contributed by atoms with E-state index in [-0.39, 0.29) is 24.3 Å². The molecule has 4 nitrogen and oxygen atoms in total. The molecule has 0 bridgehead atoms. The van der Waals surface area contributed by atoms with Crippen LogP contribution in [0.1, 0.15) is 12.5 Å². The second-order valence-electron chi connectivity index (χ2n) is 5.57. The van der Waals surface area contributed by atoms with Crippen molar-refractivity contribution in [3.8, 4) is 0 Å². The van der Waals surface area contributed by atoms with E-state index in [0.29, 0.717) is 0 Å². The smallest absolute Gasteiger partial charge is 0.319 e. The number of urea groups is 1. The van der Waals surface area contributed by atoms with Gasteiger partial charge in [0.15, 0.2) is 0 Å². The number of hydrogen-bond acceptors (Lipinski definition) is 2. The summed E-state index contributed by atoms with van der Waals surface area (Å²) < 4.78 is 5.56. The highest BCUT2D eigenvalue weighted by atomic mass is 16.6. The lowest BCUT2D eigenvalue weighted by molar-refractivity contribution is 0.243. The number of amides is 2. The maximum Gasteiger partial charge on any atom is 0.319 e. The summed E-state index contributed by atoms with van der Waals surface area (Å²) >= 11 is 0. The molecule has 2 N–H and O–H groups in total. The average Bonchev–Trinajstić information content (AvgIpc) is 3.25. The molecular formula is C18H20N2O2. The summed E-state index contributed by atoms with van der Waals surface area (Å²) in [4.78, 5) is 12.2. The van der Waals surface area contributed by atoms with Gasteiger partial charge in [0.2, 0.25) is 0 Å². The van der Waals surface area contributed by atoms with Crippen molar-refractivity contribution in [1.82, 2.24) is 5.32 Å². The molecule has 3 rings (SSSR count). The van der Waals surface area contributed by atoms with Gasteiger partial charge in [0, 0.05) is 5.69 Å². The summed E-state index contributed by atoms with van der Waals surface area (Å²) in [6.07, 6.45) is 1.05. The van der Waals surface area contributed by atoms with Crippen molar-refractivity contribution < 1.29 is 9.53 Å². The van der Waals surface area contributed by atoms with Crippen LogP contribution in [0.25, 0.3) is 0 Å². The SMILES string of the molecule is C[C@H]1O[C@H]1[C@@H](Cc1ccccc1)NC(=O)Nc1ccccc1. The highest BCUT2D eigenvalue weighted by Gasteiger charge is 2.42. The van der Waals surface area contributed by atoms with Gasteiger partial charge < -0.3 is 15.4 Å². The van der Waals surface area contributed by atoms with Crippen molar-refractivity contribution in [2.45, 2.75) is 31.6 Å². The highest BCUT2D eigenvalue weighted by molar-refractivity contribution is 5.89. The molecule has 0 aliphatic carbocycles. The van der Waals surface area contributed by atoms with E-state index in [2.05, 4.69) is 22.8 Å². The number of hydrogen-bond donors (Lipinski definition) is 2. The van der Waals surface area contributed by atoms with Gasteiger partial charge >= 0.3 is 6.03 Å². The van der Waals surface area contributed by atoms with Gasteiger partial charge in [0.25, 0.3) is 0 Å². The number of carbonyl (C=O) groups is 1. The summed E-state index contributed by atoms with van der Waals surface area (Å²) in [7, 11) is 0. The number of nitrogens with one attached hydrogen (secondary N) is 2. The molecule has 22 heavy (non-hydrogen) atoms. The molecule has 3 atom stereocenters. The molecule has 1 heterocycles. The lowest BCUT2D eigenvalue weighted by atomic mass is 10.0. The monoisotopic (exact) mass is 296 g/mol. The van der Waals surface area contributed by atoms with E-state index < -0.39 is 0 Å². The largest absolute Gasteiger partial charge is 0.368 e. The van der Waals surface area contributed by atoms with Crippen molar-refractivity contribution in [2.75, 3.05) is 5.32 Å². The Hall–Kier alpha value is -2.33. The van der Waals surface area contributed by atoms with Crippen LogP contribution in [0.2, 0.25) is 0 Å². The molecule has 1 aliphatic rings. The van der Waals surface area contributed by atoms with E-state index in [1.54, 1.807) is 0 Å². The predicted molar refractivity (Wildman–Crippen MR) is 86.9 cm³/mol. The quantitative estimate of drug-likeness (QED) is 0.832. The fraction of sp³-hybridized carbons (Fsp3) is 0.278. The maximum absolute atomic E-state index is 12.2. The Labute approximate surface area is 130 Å². The van der Waals surface area contributed by atoms with Gasteiger partial charge in [-0.25, -0.2) is 4.79 Å². The van der Waals surface area contributed by atoms with Gasteiger partial charge in [-0.2, -0.15) is 0 Å². The van der Waals surface area contributed by atoms with Crippen LogP contribution < -0.4 is 10.6 Å². The summed E-state index contributed by atoms with van der Waals surface area (Å²) in [6, 6.07) is 19.3. The van der Waals surface area contributed by atoms with E-state index in [1.807, 2.05) is 55.5 Å². The van der Waals surface area contributed by atoms with Crippen molar-refractivity contribution >= 4 is 11.7 Å². The molecule has 1 saturated heterocycles. The molecule has 2 aromatic rings. The minimum atomic E-state index is -0.199. The molecule has 0 aromatic heterocycles. The number of anilines is 1. The Morgan fingerprint density at radius 1 is 1.09 bits per heavy atom. The Balaban J connectivity index is 1.62. The second-order valence-corrected chi connectivity index (χ2v) is 5.57. The first-order valence-corrected chi connectivity index (χ1v) is 7.54. The third-order valence-electron chi connectivity index (χ3n) is 3.80. The van der Waals surface area contributed by atoms with Crippen molar-refractivity contribution in [1.29, 1.82) is 0 Å². The molecule has 0 spiro atoms. The fourth-order valence-corrected chi connectivity index (χ4v) is 2.60. The Morgan fingerprint density at radius 2 is 1.68 bits per heavy atom. The summed E-state index contributed by atoms with van der Waals surface area (Å²) in [5.74, 6) is 0. The zero-order chi connectivity index (χ0) is 15.4. The average molecular weight is 296 g/mol. The number of para-hydroxylation sites is 1. The van der Waals surface area contributed by atoms with Crippen molar-refractivity contribution in [3.05, 3.63) is 66.2 Å². The Kier molecular flexibility index (Phi) is 4.39. The predicted octanol–water partition coefficient (Wildman–Crippen LogP) is 3.21. The minimum Gasteiger partial charge on any atom is -0.368 e. The summed E-state index contributed by atoms with van der Waals surface area (Å²) in [5.41, 5.74) is 1.97. The molecule has 0 unspecified atom stereocenters. The molecule has 2 amide bonds. The fourth-order valence-electron chi connectivity index (χ4n) is 2.60. The van der Waals surface area contributed by atoms with Gasteiger partial charge in [-0.3, -0.25) is 0 Å². The van der Waals surface area contributed by atoms with Gasteiger partial charge in [0.1, 0.15) is 6.10 Å². The van der Waals surface area contributed by atoms with E-state index in [1.165, 1.54) is 5.56 Å². The molecule has 1 aliphatic heterocycles. The summed E-state index contributed by atoms with van der Waals surface area (Å²) in [5, 5.41) is 5.88. The lowest BCUT2D eigenvalue weighted by Crippen LogP contribution is -2.43. The maximum atomic E-state index is 12.2. The van der Waals surface area contributed by atoms with Gasteiger partial charge in [-0.05, 0) is 31.0 Å². The van der Waals surface area contributed by atoms with Gasteiger partial charge in [0.05, 0.1) is 12.1 Å². The van der Waals surface area contributed by atoms with Crippen LogP contribution in [-0.4, -0.2) is 24.3 Å². The molecular weight excluding hydrogens is 276 g/mol. The number of epoxide rings is 1. The first-order chi connectivity index (χ1) is 10.7. The van der Waals surface area contributed by atoms with Gasteiger partial charge in [-0.1, -0.05) is 48.5 Å². The van der Waals surface area contributed by atoms with Crippen LogP contribution in [0, 0.1) is 0 Å². The molecule has 0 saturated carbocycles. The van der Waals surface area contributed by atoms with Crippen LogP contribution in [0.4, 0.5) is 10.5 Å². The zero-order valence-electron chi connectivity index (χ0n) is 12.5. The van der Waals surface area contributed by atoms with Crippen LogP contribution in [0.3, 0.4) is 0 Å². The molecule has 114 valence electrons. The summed E-state index contributed by atoms with van der Waals surface area (Å²) in [6.45, 7) is 2.03. The third kappa shape index (κ3) is 3.86. The molecule has 4 heteroatoms. The van der Waals surface area contributed by atoms with Crippen molar-refractivity contribution in [2.24, 2.45) is 0 Å². The number of carbonyl (C=O) groups excluding carboxylic acids is 1. The van der Waals surface area contributed by atoms with Crippen LogP contribution in [-0.2, 0) is 11.2 Å². The third-order valence-corrected chi connectivity index (χ3v) is 3.80. The van der Waals surface area contributed by atoms with E-state index in [9.17, 15) is 4.79 Å². The van der Waals surface area contributed by atoms with Crippen LogP contribution in [0.5, 0.6) is 0 Å². The lowest BCUT2D eigenvalue weighted by Gasteiger charge is -2.17. The standard InChI is InChI=1S/C18H20N2O2/c1-13-17(22-13)16(12-14-8-4-2-5-9-14)20-18(21)19-15-10-6-3-7-11-15/h2-11,13,16-17H,12H2,1H3,(H2,19,20,21)/t13-,16-,17-/m1/s1. The number of rotatable bonds is 5. The second kappa shape index (κ2) is 6.62. The van der Waals surface area contributed by atoms with E-state index in [0.717, 1.165) is 12.1 Å². The molecule has 1 fully saturated rings. The first kappa shape index (κ1) is 14.6. The first-order valence-electron chi connectivity index (χ1n) is 7.54. The number of ether oxygens (including phenoxy) is 1. The minimum absolute atomic E-state index is 0.0267. The van der Waals surface area contributed by atoms with Crippen LogP contribution >= 0.6 is 0 Å². The molecule has 2 aromatic carbocycles. The zero-order valence-corrected chi connectivity index (χ0v) is 12.5. The molecule has 0 radical (unpaired) electrons. The Bertz CT molecular complexity index is 615. The van der Waals surface area contributed by atoms with E-state index in [4.69, 9.17) is 4.74 Å². The van der Waals surface area contributed by atoms with E-state index >= 15 is 0 Å². The number of benzene rings is 2. The Morgan fingerprint density at radius 3 is 2.27 bits per heavy atom.